The van der Waals surface area contributed by atoms with Gasteiger partial charge in [-0.15, -0.1) is 0 Å². The van der Waals surface area contributed by atoms with E-state index in [0.717, 1.165) is 32.6 Å². The molecule has 11 heteroatoms. The second-order valence-corrected chi connectivity index (χ2v) is 13.9. The van der Waals surface area contributed by atoms with Crippen molar-refractivity contribution in [3.63, 3.8) is 0 Å². The number of sulfonamides is 1. The Labute approximate surface area is 267 Å². The number of hydrogen-bond acceptors (Lipinski definition) is 4. The number of anilines is 1. The Morgan fingerprint density at radius 2 is 1.64 bits per heavy atom. The standard InChI is InChI=1S/C31H36BrCl2N3O4S/c1-4-22(2)35-31(39)29(19-23-9-6-5-7-10-23)36(21-24-12-14-25(32)15-13-24)30(38)11-8-18-37(42(3,40)41)28-20-26(33)16-17-27(28)34/h5-7,9-10,12-17,20,22,29H,4,8,11,18-19,21H2,1-3H3,(H,35,39). The first-order valence-electron chi connectivity index (χ1n) is 13.7. The first kappa shape index (κ1) is 33.9. The lowest BCUT2D eigenvalue weighted by atomic mass is 10.0. The summed E-state index contributed by atoms with van der Waals surface area (Å²) >= 11 is 15.9. The molecule has 0 bridgehead atoms. The van der Waals surface area contributed by atoms with Crippen molar-refractivity contribution in [1.82, 2.24) is 10.2 Å². The van der Waals surface area contributed by atoms with Crippen LogP contribution >= 0.6 is 39.1 Å². The molecule has 0 aliphatic rings. The number of carbonyl (C=O) groups excluding carboxylic acids is 2. The molecule has 7 nitrogen and oxygen atoms in total. The lowest BCUT2D eigenvalue weighted by Gasteiger charge is -2.33. The number of amides is 2. The Hall–Kier alpha value is -2.59. The molecule has 0 saturated heterocycles. The monoisotopic (exact) mass is 695 g/mol. The average molecular weight is 698 g/mol. The van der Waals surface area contributed by atoms with E-state index < -0.39 is 16.1 Å². The molecular weight excluding hydrogens is 661 g/mol. The van der Waals surface area contributed by atoms with Crippen LogP contribution in [0.15, 0.2) is 77.3 Å². The van der Waals surface area contributed by atoms with Crippen LogP contribution in [0.2, 0.25) is 10.0 Å². The molecule has 2 unspecified atom stereocenters. The van der Waals surface area contributed by atoms with Gasteiger partial charge in [0.1, 0.15) is 6.04 Å². The minimum atomic E-state index is -3.72. The normalized spacial score (nSPS) is 12.8. The van der Waals surface area contributed by atoms with E-state index in [-0.39, 0.29) is 54.5 Å². The summed E-state index contributed by atoms with van der Waals surface area (Å²) in [5, 5.41) is 3.63. The second kappa shape index (κ2) is 15.8. The van der Waals surface area contributed by atoms with Gasteiger partial charge in [0, 0.05) is 41.5 Å². The van der Waals surface area contributed by atoms with Crippen LogP contribution < -0.4 is 9.62 Å². The summed E-state index contributed by atoms with van der Waals surface area (Å²) in [6.45, 7) is 4.15. The van der Waals surface area contributed by atoms with Gasteiger partial charge in [-0.3, -0.25) is 13.9 Å². The molecule has 2 atom stereocenters. The van der Waals surface area contributed by atoms with Crippen LogP contribution in [0.3, 0.4) is 0 Å². The number of nitrogens with one attached hydrogen (secondary N) is 1. The highest BCUT2D eigenvalue weighted by Crippen LogP contribution is 2.31. The van der Waals surface area contributed by atoms with Crippen molar-refractivity contribution in [2.75, 3.05) is 17.1 Å². The molecule has 2 amide bonds. The quantitative estimate of drug-likeness (QED) is 0.200. The third-order valence-corrected chi connectivity index (χ3v) is 9.13. The zero-order chi connectivity index (χ0) is 30.9. The van der Waals surface area contributed by atoms with Crippen LogP contribution in [0.4, 0.5) is 5.69 Å². The average Bonchev–Trinajstić information content (AvgIpc) is 2.95. The Balaban J connectivity index is 1.90. The zero-order valence-electron chi connectivity index (χ0n) is 23.9. The fraction of sp³-hybridized carbons (Fsp3) is 0.355. The van der Waals surface area contributed by atoms with Gasteiger partial charge in [-0.1, -0.05) is 88.5 Å². The van der Waals surface area contributed by atoms with Crippen molar-refractivity contribution >= 4 is 66.7 Å². The summed E-state index contributed by atoms with van der Waals surface area (Å²) in [4.78, 5) is 29.2. The number of carbonyl (C=O) groups is 2. The maximum Gasteiger partial charge on any atom is 0.243 e. The molecule has 0 heterocycles. The summed E-state index contributed by atoms with van der Waals surface area (Å²) in [7, 11) is -3.72. The SMILES string of the molecule is CCC(C)NC(=O)C(Cc1ccccc1)N(Cc1ccc(Br)cc1)C(=O)CCCN(c1cc(Cl)ccc1Cl)S(C)(=O)=O. The van der Waals surface area contributed by atoms with Crippen molar-refractivity contribution in [2.24, 2.45) is 0 Å². The van der Waals surface area contributed by atoms with E-state index in [1.165, 1.54) is 12.1 Å². The van der Waals surface area contributed by atoms with E-state index in [0.29, 0.717) is 11.4 Å². The first-order chi connectivity index (χ1) is 19.9. The van der Waals surface area contributed by atoms with Gasteiger partial charge in [0.2, 0.25) is 21.8 Å². The van der Waals surface area contributed by atoms with Crippen LogP contribution in [0.1, 0.15) is 44.2 Å². The Kier molecular flexibility index (Phi) is 12.7. The molecule has 0 fully saturated rings. The molecule has 3 aromatic rings. The van der Waals surface area contributed by atoms with Crippen molar-refractivity contribution in [1.29, 1.82) is 0 Å². The van der Waals surface area contributed by atoms with Crippen LogP contribution in [-0.4, -0.2) is 50.0 Å². The molecule has 0 spiro atoms. The molecule has 1 N–H and O–H groups in total. The molecule has 0 radical (unpaired) electrons. The Morgan fingerprint density at radius 1 is 0.976 bits per heavy atom. The number of hydrogen-bond donors (Lipinski definition) is 1. The van der Waals surface area contributed by atoms with E-state index >= 15 is 0 Å². The maximum absolute atomic E-state index is 13.9. The van der Waals surface area contributed by atoms with Crippen LogP contribution in [0.25, 0.3) is 0 Å². The van der Waals surface area contributed by atoms with Gasteiger partial charge in [-0.2, -0.15) is 0 Å². The topological polar surface area (TPSA) is 86.8 Å². The number of nitrogens with zero attached hydrogens (tertiary/aromatic N) is 2. The third-order valence-electron chi connectivity index (χ3n) is 6.87. The van der Waals surface area contributed by atoms with Gasteiger partial charge < -0.3 is 10.2 Å². The second-order valence-electron chi connectivity index (χ2n) is 10.2. The lowest BCUT2D eigenvalue weighted by Crippen LogP contribution is -2.52. The van der Waals surface area contributed by atoms with Crippen LogP contribution in [-0.2, 0) is 32.6 Å². The molecule has 226 valence electrons. The summed E-state index contributed by atoms with van der Waals surface area (Å²) in [6, 6.07) is 20.9. The van der Waals surface area contributed by atoms with Crippen LogP contribution in [0.5, 0.6) is 0 Å². The maximum atomic E-state index is 13.9. The fourth-order valence-corrected chi connectivity index (χ4v) is 6.11. The van der Waals surface area contributed by atoms with Gasteiger partial charge in [0.25, 0.3) is 0 Å². The Morgan fingerprint density at radius 3 is 2.26 bits per heavy atom. The Bertz CT molecular complexity index is 1460. The van der Waals surface area contributed by atoms with E-state index in [4.69, 9.17) is 23.2 Å². The van der Waals surface area contributed by atoms with Crippen LogP contribution in [0, 0.1) is 0 Å². The smallest absolute Gasteiger partial charge is 0.243 e. The number of benzene rings is 3. The highest BCUT2D eigenvalue weighted by atomic mass is 79.9. The van der Waals surface area contributed by atoms with Crippen molar-refractivity contribution < 1.29 is 18.0 Å². The highest BCUT2D eigenvalue weighted by Gasteiger charge is 2.31. The molecule has 0 aliphatic heterocycles. The molecule has 42 heavy (non-hydrogen) atoms. The summed E-state index contributed by atoms with van der Waals surface area (Å²) < 4.78 is 27.4. The van der Waals surface area contributed by atoms with Crippen molar-refractivity contribution in [2.45, 2.75) is 58.2 Å². The van der Waals surface area contributed by atoms with E-state index in [9.17, 15) is 18.0 Å². The summed E-state index contributed by atoms with van der Waals surface area (Å²) in [6.07, 6.45) is 2.39. The van der Waals surface area contributed by atoms with Gasteiger partial charge in [0.15, 0.2) is 0 Å². The number of halogens is 3. The molecule has 0 saturated carbocycles. The van der Waals surface area contributed by atoms with Crippen molar-refractivity contribution in [3.05, 3.63) is 98.4 Å². The van der Waals surface area contributed by atoms with Gasteiger partial charge in [-0.25, -0.2) is 8.42 Å². The van der Waals surface area contributed by atoms with Crippen molar-refractivity contribution in [3.8, 4) is 0 Å². The number of rotatable bonds is 14. The first-order valence-corrected chi connectivity index (χ1v) is 17.1. The van der Waals surface area contributed by atoms with Gasteiger partial charge in [0.05, 0.1) is 17.0 Å². The molecule has 3 aromatic carbocycles. The molecular formula is C31H36BrCl2N3O4S. The predicted octanol–water partition coefficient (Wildman–Crippen LogP) is 6.86. The van der Waals surface area contributed by atoms with Gasteiger partial charge in [-0.05, 0) is 61.2 Å². The van der Waals surface area contributed by atoms with Gasteiger partial charge >= 0.3 is 0 Å². The molecule has 0 aromatic heterocycles. The van der Waals surface area contributed by atoms with E-state index in [1.807, 2.05) is 68.4 Å². The molecule has 3 rings (SSSR count). The minimum Gasteiger partial charge on any atom is -0.352 e. The van der Waals surface area contributed by atoms with E-state index in [2.05, 4.69) is 21.2 Å². The predicted molar refractivity (Wildman–Crippen MR) is 174 cm³/mol. The lowest BCUT2D eigenvalue weighted by molar-refractivity contribution is -0.141. The highest BCUT2D eigenvalue weighted by molar-refractivity contribution is 9.10. The molecule has 0 aliphatic carbocycles. The summed E-state index contributed by atoms with van der Waals surface area (Å²) in [5.74, 6) is -0.495. The fourth-order valence-electron chi connectivity index (χ4n) is 4.44. The van der Waals surface area contributed by atoms with E-state index in [1.54, 1.807) is 11.0 Å². The third kappa shape index (κ3) is 10.0. The zero-order valence-corrected chi connectivity index (χ0v) is 27.8. The minimum absolute atomic E-state index is 0.0131. The summed E-state index contributed by atoms with van der Waals surface area (Å²) in [5.41, 5.74) is 2.04. The largest absolute Gasteiger partial charge is 0.352 e.